The summed E-state index contributed by atoms with van der Waals surface area (Å²) >= 11 is 0. The molecule has 2 aliphatic rings. The van der Waals surface area contributed by atoms with E-state index in [4.69, 9.17) is 9.47 Å². The number of amides is 1. The van der Waals surface area contributed by atoms with E-state index in [2.05, 4.69) is 5.32 Å². The Morgan fingerprint density at radius 2 is 1.95 bits per heavy atom. The minimum atomic E-state index is -3.00. The minimum Gasteiger partial charge on any atom is -0.490 e. The van der Waals surface area contributed by atoms with Crippen molar-refractivity contribution in [2.24, 2.45) is 0 Å². The summed E-state index contributed by atoms with van der Waals surface area (Å²) in [6, 6.07) is 4.70. The van der Waals surface area contributed by atoms with Gasteiger partial charge in [0.25, 0.3) is 5.91 Å². The maximum Gasteiger partial charge on any atom is 0.251 e. The summed E-state index contributed by atoms with van der Waals surface area (Å²) in [7, 11) is -3.00. The normalized spacial score (nSPS) is 23.3. The van der Waals surface area contributed by atoms with Crippen molar-refractivity contribution in [1.29, 1.82) is 0 Å². The Morgan fingerprint density at radius 1 is 1.19 bits per heavy atom. The monoisotopic (exact) mass is 311 g/mol. The van der Waals surface area contributed by atoms with Crippen LogP contribution in [0.15, 0.2) is 18.2 Å². The number of carbonyl (C=O) groups is 1. The number of rotatable bonds is 2. The molecule has 3 rings (SSSR count). The Hall–Kier alpha value is -1.76. The van der Waals surface area contributed by atoms with Gasteiger partial charge in [-0.05, 0) is 24.6 Å². The van der Waals surface area contributed by atoms with Crippen molar-refractivity contribution < 1.29 is 22.7 Å². The van der Waals surface area contributed by atoms with Crippen LogP contribution in [-0.2, 0) is 9.84 Å². The number of hydrogen-bond donors (Lipinski definition) is 1. The van der Waals surface area contributed by atoms with Crippen LogP contribution in [0, 0.1) is 0 Å². The average Bonchev–Trinajstić information content (AvgIpc) is 2.65. The van der Waals surface area contributed by atoms with E-state index in [1.807, 2.05) is 0 Å². The molecule has 2 heterocycles. The third kappa shape index (κ3) is 3.29. The van der Waals surface area contributed by atoms with Crippen LogP contribution in [0.4, 0.5) is 0 Å². The molecule has 1 saturated heterocycles. The van der Waals surface area contributed by atoms with Crippen molar-refractivity contribution in [2.45, 2.75) is 18.9 Å². The Labute approximate surface area is 123 Å². The zero-order chi connectivity index (χ0) is 14.9. The molecular formula is C14H17NO5S. The lowest BCUT2D eigenvalue weighted by molar-refractivity contribution is 0.0940. The van der Waals surface area contributed by atoms with E-state index in [0.29, 0.717) is 36.7 Å². The average molecular weight is 311 g/mol. The summed E-state index contributed by atoms with van der Waals surface area (Å²) in [6.45, 7) is 1.15. The van der Waals surface area contributed by atoms with E-state index in [-0.39, 0.29) is 23.5 Å². The summed E-state index contributed by atoms with van der Waals surface area (Å²) in [5.74, 6) is 1.06. The molecule has 1 unspecified atom stereocenters. The number of hydrogen-bond acceptors (Lipinski definition) is 5. The van der Waals surface area contributed by atoms with E-state index >= 15 is 0 Å². The molecule has 0 aromatic heterocycles. The second kappa shape index (κ2) is 5.55. The topological polar surface area (TPSA) is 81.7 Å². The number of fused-ring (bicyclic) bond motifs is 1. The molecule has 0 bridgehead atoms. The Balaban J connectivity index is 1.72. The fourth-order valence-electron chi connectivity index (χ4n) is 2.48. The molecule has 0 saturated carbocycles. The number of nitrogens with one attached hydrogen (secondary N) is 1. The SMILES string of the molecule is O=C(NC1CCS(=O)(=O)C1)c1ccc2c(c1)OCCCO2. The van der Waals surface area contributed by atoms with Crippen molar-refractivity contribution in [3.8, 4) is 11.5 Å². The number of benzene rings is 1. The highest BCUT2D eigenvalue weighted by atomic mass is 32.2. The molecular weight excluding hydrogens is 294 g/mol. The van der Waals surface area contributed by atoms with Crippen LogP contribution in [-0.4, -0.2) is 45.1 Å². The Kier molecular flexibility index (Phi) is 3.75. The molecule has 21 heavy (non-hydrogen) atoms. The lowest BCUT2D eigenvalue weighted by Gasteiger charge is -2.12. The second-order valence-corrected chi connectivity index (χ2v) is 7.51. The molecule has 0 spiro atoms. The van der Waals surface area contributed by atoms with Gasteiger partial charge in [-0.15, -0.1) is 0 Å². The summed E-state index contributed by atoms with van der Waals surface area (Å²) in [6.07, 6.45) is 1.27. The summed E-state index contributed by atoms with van der Waals surface area (Å²) < 4.78 is 33.9. The van der Waals surface area contributed by atoms with Crippen molar-refractivity contribution >= 4 is 15.7 Å². The molecule has 1 atom stereocenters. The van der Waals surface area contributed by atoms with E-state index < -0.39 is 9.84 Å². The van der Waals surface area contributed by atoms with Gasteiger partial charge in [-0.1, -0.05) is 0 Å². The molecule has 6 nitrogen and oxygen atoms in total. The van der Waals surface area contributed by atoms with E-state index in [1.165, 1.54) is 0 Å². The molecule has 114 valence electrons. The van der Waals surface area contributed by atoms with Gasteiger partial charge in [0, 0.05) is 18.0 Å². The van der Waals surface area contributed by atoms with Gasteiger partial charge in [0.2, 0.25) is 0 Å². The predicted molar refractivity (Wildman–Crippen MR) is 76.6 cm³/mol. The molecule has 0 aliphatic carbocycles. The van der Waals surface area contributed by atoms with Gasteiger partial charge in [-0.25, -0.2) is 8.42 Å². The van der Waals surface area contributed by atoms with Gasteiger partial charge in [0.1, 0.15) is 0 Å². The summed E-state index contributed by atoms with van der Waals surface area (Å²) in [5.41, 5.74) is 0.448. The fourth-order valence-corrected chi connectivity index (χ4v) is 4.16. The highest BCUT2D eigenvalue weighted by molar-refractivity contribution is 7.91. The van der Waals surface area contributed by atoms with Crippen LogP contribution in [0.5, 0.6) is 11.5 Å². The van der Waals surface area contributed by atoms with Crippen molar-refractivity contribution in [3.63, 3.8) is 0 Å². The predicted octanol–water partition coefficient (Wildman–Crippen LogP) is 0.765. The van der Waals surface area contributed by atoms with Gasteiger partial charge in [0.15, 0.2) is 21.3 Å². The third-order valence-electron chi connectivity index (χ3n) is 3.58. The largest absolute Gasteiger partial charge is 0.490 e. The lowest BCUT2D eigenvalue weighted by atomic mass is 10.1. The highest BCUT2D eigenvalue weighted by Gasteiger charge is 2.29. The van der Waals surface area contributed by atoms with Crippen molar-refractivity contribution in [1.82, 2.24) is 5.32 Å². The Morgan fingerprint density at radius 3 is 2.67 bits per heavy atom. The lowest BCUT2D eigenvalue weighted by Crippen LogP contribution is -2.35. The van der Waals surface area contributed by atoms with E-state index in [0.717, 1.165) is 6.42 Å². The van der Waals surface area contributed by atoms with Crippen LogP contribution >= 0.6 is 0 Å². The van der Waals surface area contributed by atoms with Gasteiger partial charge < -0.3 is 14.8 Å². The van der Waals surface area contributed by atoms with Crippen molar-refractivity contribution in [3.05, 3.63) is 23.8 Å². The minimum absolute atomic E-state index is 0.0172. The van der Waals surface area contributed by atoms with Crippen LogP contribution in [0.2, 0.25) is 0 Å². The van der Waals surface area contributed by atoms with Gasteiger partial charge >= 0.3 is 0 Å². The molecule has 7 heteroatoms. The van der Waals surface area contributed by atoms with Crippen LogP contribution in [0.3, 0.4) is 0 Å². The van der Waals surface area contributed by atoms with Gasteiger partial charge in [-0.2, -0.15) is 0 Å². The molecule has 1 aromatic rings. The van der Waals surface area contributed by atoms with Gasteiger partial charge in [-0.3, -0.25) is 4.79 Å². The zero-order valence-electron chi connectivity index (χ0n) is 11.5. The van der Waals surface area contributed by atoms with Crippen LogP contribution in [0.25, 0.3) is 0 Å². The molecule has 1 fully saturated rings. The van der Waals surface area contributed by atoms with Crippen LogP contribution in [0.1, 0.15) is 23.2 Å². The molecule has 1 aromatic carbocycles. The first-order valence-corrected chi connectivity index (χ1v) is 8.76. The van der Waals surface area contributed by atoms with Gasteiger partial charge in [0.05, 0.1) is 24.7 Å². The maximum atomic E-state index is 12.2. The number of sulfone groups is 1. The quantitative estimate of drug-likeness (QED) is 0.872. The molecule has 2 aliphatic heterocycles. The summed E-state index contributed by atoms with van der Waals surface area (Å²) in [5, 5.41) is 2.76. The molecule has 0 radical (unpaired) electrons. The van der Waals surface area contributed by atoms with Crippen molar-refractivity contribution in [2.75, 3.05) is 24.7 Å². The fraction of sp³-hybridized carbons (Fsp3) is 0.500. The standard InChI is InChI=1S/C14H17NO5S/c16-14(15-11-4-7-21(17,18)9-11)10-2-3-12-13(8-10)20-6-1-5-19-12/h2-3,8,11H,1,4-7,9H2,(H,15,16). The first-order valence-electron chi connectivity index (χ1n) is 6.94. The zero-order valence-corrected chi connectivity index (χ0v) is 12.3. The smallest absolute Gasteiger partial charge is 0.251 e. The van der Waals surface area contributed by atoms with E-state index in [1.54, 1.807) is 18.2 Å². The highest BCUT2D eigenvalue weighted by Crippen LogP contribution is 2.30. The number of ether oxygens (including phenoxy) is 2. The molecule has 1 amide bonds. The third-order valence-corrected chi connectivity index (χ3v) is 5.35. The molecule has 1 N–H and O–H groups in total. The summed E-state index contributed by atoms with van der Waals surface area (Å²) in [4.78, 5) is 12.2. The maximum absolute atomic E-state index is 12.2. The second-order valence-electron chi connectivity index (χ2n) is 5.29. The first-order chi connectivity index (χ1) is 10.0. The number of carbonyl (C=O) groups excluding carboxylic acids is 1. The van der Waals surface area contributed by atoms with Crippen LogP contribution < -0.4 is 14.8 Å². The Bertz CT molecular complexity index is 655. The first kappa shape index (κ1) is 14.2. The van der Waals surface area contributed by atoms with E-state index in [9.17, 15) is 13.2 Å².